The summed E-state index contributed by atoms with van der Waals surface area (Å²) in [7, 11) is 0. The van der Waals surface area contributed by atoms with Crippen LogP contribution in [0.25, 0.3) is 0 Å². The summed E-state index contributed by atoms with van der Waals surface area (Å²) < 4.78 is 5.79. The molecule has 3 aliphatic rings. The average molecular weight is 399 g/mol. The van der Waals surface area contributed by atoms with Gasteiger partial charge in [0.15, 0.2) is 0 Å². The summed E-state index contributed by atoms with van der Waals surface area (Å²) >= 11 is 0. The fraction of sp³-hybridized carbons (Fsp3) is 0.360. The average Bonchev–Trinajstić information content (AvgIpc) is 3.12. The van der Waals surface area contributed by atoms with Crippen LogP contribution in [0.2, 0.25) is 0 Å². The maximum absolute atomic E-state index is 13.2. The number of nitrogens with one attached hydrogen (secondary N) is 1. The van der Waals surface area contributed by atoms with Gasteiger partial charge in [-0.3, -0.25) is 4.79 Å². The highest BCUT2D eigenvalue weighted by molar-refractivity contribution is 5.83. The predicted molar refractivity (Wildman–Crippen MR) is 113 cm³/mol. The highest BCUT2D eigenvalue weighted by atomic mass is 16.5. The van der Waals surface area contributed by atoms with Crippen LogP contribution in [0, 0.1) is 17.8 Å². The van der Waals surface area contributed by atoms with E-state index in [1.165, 1.54) is 11.1 Å². The molecule has 1 saturated heterocycles. The van der Waals surface area contributed by atoms with Crippen molar-refractivity contribution in [1.29, 1.82) is 0 Å². The van der Waals surface area contributed by atoms with Crippen LogP contribution < -0.4 is 5.32 Å². The number of carbonyl (C=O) groups is 1. The molecule has 1 amide bonds. The first-order chi connectivity index (χ1) is 14.8. The minimum atomic E-state index is -0.000502. The first-order valence-electron chi connectivity index (χ1n) is 10.9. The van der Waals surface area contributed by atoms with Gasteiger partial charge in [-0.15, -0.1) is 0 Å². The Kier molecular flexibility index (Phi) is 4.23. The van der Waals surface area contributed by atoms with E-state index in [0.29, 0.717) is 24.3 Å². The van der Waals surface area contributed by atoms with E-state index in [4.69, 9.17) is 4.52 Å². The Morgan fingerprint density at radius 2 is 1.63 bits per heavy atom. The van der Waals surface area contributed by atoms with Crippen molar-refractivity contribution >= 4 is 5.91 Å². The number of hydrogen-bond acceptors (Lipinski definition) is 4. The molecule has 5 heteroatoms. The van der Waals surface area contributed by atoms with Gasteiger partial charge in [-0.05, 0) is 36.1 Å². The number of aromatic nitrogens is 1. The lowest BCUT2D eigenvalue weighted by Crippen LogP contribution is -2.38. The van der Waals surface area contributed by atoms with E-state index in [-0.39, 0.29) is 11.8 Å². The van der Waals surface area contributed by atoms with Crippen molar-refractivity contribution in [1.82, 2.24) is 15.4 Å². The zero-order chi connectivity index (χ0) is 20.1. The van der Waals surface area contributed by atoms with Crippen LogP contribution in [0.1, 0.15) is 34.1 Å². The molecule has 3 heterocycles. The second-order valence-corrected chi connectivity index (χ2v) is 8.75. The largest absolute Gasteiger partial charge is 0.361 e. The molecule has 1 unspecified atom stereocenters. The van der Waals surface area contributed by atoms with Gasteiger partial charge in [-0.2, -0.15) is 0 Å². The van der Waals surface area contributed by atoms with Gasteiger partial charge >= 0.3 is 0 Å². The van der Waals surface area contributed by atoms with Gasteiger partial charge in [0.2, 0.25) is 5.91 Å². The van der Waals surface area contributed by atoms with Crippen molar-refractivity contribution < 1.29 is 9.32 Å². The molecular weight excluding hydrogens is 374 g/mol. The van der Waals surface area contributed by atoms with Crippen LogP contribution in [-0.4, -0.2) is 35.6 Å². The normalized spacial score (nSPS) is 24.6. The molecule has 1 saturated carbocycles. The molecule has 2 fully saturated rings. The Hall–Kier alpha value is -2.92. The summed E-state index contributed by atoms with van der Waals surface area (Å²) in [6.45, 7) is 3.31. The second kappa shape index (κ2) is 7.10. The van der Waals surface area contributed by atoms with Crippen molar-refractivity contribution in [2.24, 2.45) is 17.8 Å². The molecule has 6 rings (SSSR count). The molecule has 0 bridgehead atoms. The SMILES string of the molecule is O=C(C1[C@H]2CNC[C@@H]12)N1CCc2onc(C(c3ccccc3)c3ccccc3)c2C1. The third-order valence-corrected chi connectivity index (χ3v) is 7.09. The van der Waals surface area contributed by atoms with E-state index in [1.54, 1.807) is 0 Å². The van der Waals surface area contributed by atoms with E-state index >= 15 is 0 Å². The number of piperidine rings is 1. The Labute approximate surface area is 176 Å². The maximum Gasteiger partial charge on any atom is 0.226 e. The molecule has 3 aromatic rings. The van der Waals surface area contributed by atoms with E-state index < -0.39 is 0 Å². The van der Waals surface area contributed by atoms with Gasteiger partial charge in [0.05, 0.1) is 12.5 Å². The summed E-state index contributed by atoms with van der Waals surface area (Å²) in [6, 6.07) is 20.9. The molecule has 30 heavy (non-hydrogen) atoms. The number of amides is 1. The molecule has 0 radical (unpaired) electrons. The lowest BCUT2D eigenvalue weighted by Gasteiger charge is -2.28. The van der Waals surface area contributed by atoms with Gasteiger partial charge in [0.1, 0.15) is 11.5 Å². The van der Waals surface area contributed by atoms with Gasteiger partial charge in [0, 0.05) is 24.4 Å². The topological polar surface area (TPSA) is 58.4 Å². The minimum absolute atomic E-state index is 0.000502. The lowest BCUT2D eigenvalue weighted by molar-refractivity contribution is -0.134. The third kappa shape index (κ3) is 2.88. The fourth-order valence-electron chi connectivity index (χ4n) is 5.44. The molecule has 0 spiro atoms. The zero-order valence-electron chi connectivity index (χ0n) is 16.8. The zero-order valence-corrected chi connectivity index (χ0v) is 16.8. The highest BCUT2D eigenvalue weighted by Gasteiger charge is 2.58. The van der Waals surface area contributed by atoms with Gasteiger partial charge in [-0.25, -0.2) is 0 Å². The smallest absolute Gasteiger partial charge is 0.226 e. The fourth-order valence-corrected chi connectivity index (χ4v) is 5.44. The Morgan fingerprint density at radius 3 is 2.27 bits per heavy atom. The van der Waals surface area contributed by atoms with Crippen molar-refractivity contribution in [3.05, 3.63) is 88.8 Å². The summed E-state index contributed by atoms with van der Waals surface area (Å²) in [5.41, 5.74) is 4.41. The number of hydrogen-bond donors (Lipinski definition) is 1. The standard InChI is InChI=1S/C25H25N3O2/c29-25(23-18-13-26-14-19(18)23)28-12-11-21-20(15-28)24(27-30-21)22(16-7-3-1-4-8-16)17-9-5-2-6-10-17/h1-10,18-19,22-23,26H,11-15H2/t18-,19+,23?. The predicted octanol–water partition coefficient (Wildman–Crippen LogP) is 3.20. The maximum atomic E-state index is 13.2. The molecule has 152 valence electrons. The number of carbonyl (C=O) groups excluding carboxylic acids is 1. The van der Waals surface area contributed by atoms with Crippen molar-refractivity contribution in [3.8, 4) is 0 Å². The van der Waals surface area contributed by atoms with E-state index in [2.05, 4.69) is 59.0 Å². The molecule has 1 aromatic heterocycles. The van der Waals surface area contributed by atoms with E-state index in [0.717, 1.165) is 43.1 Å². The Bertz CT molecular complexity index is 1010. The van der Waals surface area contributed by atoms with E-state index in [9.17, 15) is 4.79 Å². The quantitative estimate of drug-likeness (QED) is 0.732. The van der Waals surface area contributed by atoms with Crippen molar-refractivity contribution in [2.45, 2.75) is 18.9 Å². The second-order valence-electron chi connectivity index (χ2n) is 8.75. The van der Waals surface area contributed by atoms with Gasteiger partial charge in [0.25, 0.3) is 0 Å². The van der Waals surface area contributed by atoms with Gasteiger partial charge < -0.3 is 14.7 Å². The summed E-state index contributed by atoms with van der Waals surface area (Å²) in [4.78, 5) is 15.2. The molecule has 2 aromatic carbocycles. The van der Waals surface area contributed by atoms with Crippen molar-refractivity contribution in [3.63, 3.8) is 0 Å². The Balaban J connectivity index is 1.34. The molecule has 3 atom stereocenters. The first-order valence-corrected chi connectivity index (χ1v) is 10.9. The van der Waals surface area contributed by atoms with Crippen LogP contribution in [0.5, 0.6) is 0 Å². The molecule has 2 aliphatic heterocycles. The van der Waals surface area contributed by atoms with E-state index in [1.807, 2.05) is 17.0 Å². The number of fused-ring (bicyclic) bond motifs is 2. The van der Waals surface area contributed by atoms with Crippen molar-refractivity contribution in [2.75, 3.05) is 19.6 Å². The number of nitrogens with zero attached hydrogens (tertiary/aromatic N) is 2. The Morgan fingerprint density at radius 1 is 1.00 bits per heavy atom. The molecule has 5 nitrogen and oxygen atoms in total. The minimum Gasteiger partial charge on any atom is -0.361 e. The number of benzene rings is 2. The molecule has 1 N–H and O–H groups in total. The van der Waals surface area contributed by atoms with Crippen LogP contribution in [-0.2, 0) is 17.8 Å². The third-order valence-electron chi connectivity index (χ3n) is 7.09. The summed E-state index contributed by atoms with van der Waals surface area (Å²) in [5, 5.41) is 7.93. The monoisotopic (exact) mass is 399 g/mol. The highest BCUT2D eigenvalue weighted by Crippen LogP contribution is 2.50. The molecule has 1 aliphatic carbocycles. The first kappa shape index (κ1) is 17.9. The van der Waals surface area contributed by atoms with Crippen LogP contribution in [0.4, 0.5) is 0 Å². The lowest BCUT2D eigenvalue weighted by atomic mass is 9.85. The summed E-state index contributed by atoms with van der Waals surface area (Å²) in [5.74, 6) is 2.56. The van der Waals surface area contributed by atoms with Crippen LogP contribution in [0.3, 0.4) is 0 Å². The molecular formula is C25H25N3O2. The van der Waals surface area contributed by atoms with Gasteiger partial charge in [-0.1, -0.05) is 65.8 Å². The number of rotatable bonds is 4. The van der Waals surface area contributed by atoms with Crippen LogP contribution >= 0.6 is 0 Å². The van der Waals surface area contributed by atoms with Crippen LogP contribution in [0.15, 0.2) is 65.2 Å². The summed E-state index contributed by atoms with van der Waals surface area (Å²) in [6.07, 6.45) is 0.741.